The van der Waals surface area contributed by atoms with E-state index in [2.05, 4.69) is 20.9 Å². The lowest BCUT2D eigenvalue weighted by molar-refractivity contribution is 0.103. The summed E-state index contributed by atoms with van der Waals surface area (Å²) < 4.78 is 7.53. The van der Waals surface area contributed by atoms with Gasteiger partial charge in [-0.25, -0.2) is 4.98 Å². The molecule has 6 nitrogen and oxygen atoms in total. The number of aromatic nitrogens is 1. The second-order valence-electron chi connectivity index (χ2n) is 6.22. The maximum atomic E-state index is 12.7. The van der Waals surface area contributed by atoms with Gasteiger partial charge < -0.3 is 15.8 Å². The molecule has 0 radical (unpaired) electrons. The van der Waals surface area contributed by atoms with Gasteiger partial charge >= 0.3 is 0 Å². The Bertz CT molecular complexity index is 776. The zero-order valence-corrected chi connectivity index (χ0v) is 15.9. The Hall–Kier alpha value is -2.25. The van der Waals surface area contributed by atoms with Crippen LogP contribution in [0.15, 0.2) is 36.4 Å². The zero-order chi connectivity index (χ0) is 18.5. The molecule has 2 heterocycles. The number of ketones is 1. The Labute approximate surface area is 158 Å². The minimum Gasteiger partial charge on any atom is -0.497 e. The van der Waals surface area contributed by atoms with Crippen molar-refractivity contribution in [3.05, 3.63) is 47.5 Å². The highest BCUT2D eigenvalue weighted by Gasteiger charge is 2.20. The first-order valence-electron chi connectivity index (χ1n) is 8.61. The van der Waals surface area contributed by atoms with Crippen molar-refractivity contribution in [3.63, 3.8) is 0 Å². The molecule has 1 aliphatic rings. The van der Waals surface area contributed by atoms with Gasteiger partial charge in [-0.3, -0.25) is 9.10 Å². The van der Waals surface area contributed by atoms with Crippen LogP contribution in [-0.4, -0.2) is 47.6 Å². The summed E-state index contributed by atoms with van der Waals surface area (Å²) in [7, 11) is 1.57. The Morgan fingerprint density at radius 3 is 2.73 bits per heavy atom. The average molecular weight is 372 g/mol. The third-order valence-corrected chi connectivity index (χ3v) is 5.45. The topological polar surface area (TPSA) is 80.5 Å². The number of methoxy groups -OCH3 is 1. The molecule has 0 spiro atoms. The second-order valence-corrected chi connectivity index (χ2v) is 7.10. The van der Waals surface area contributed by atoms with Gasteiger partial charge in [-0.1, -0.05) is 24.1 Å². The minimum atomic E-state index is -0.159. The fourth-order valence-electron chi connectivity index (χ4n) is 3.06. The molecule has 1 aromatic heterocycles. The van der Waals surface area contributed by atoms with Crippen molar-refractivity contribution >= 4 is 29.4 Å². The molecule has 3 N–H and O–H groups in total. The van der Waals surface area contributed by atoms with Crippen LogP contribution >= 0.6 is 11.9 Å². The summed E-state index contributed by atoms with van der Waals surface area (Å²) in [6.45, 7) is 2.11. The Kier molecular flexibility index (Phi) is 6.00. The van der Waals surface area contributed by atoms with Crippen LogP contribution in [0.2, 0.25) is 0 Å². The molecule has 26 heavy (non-hydrogen) atoms. The predicted molar refractivity (Wildman–Crippen MR) is 107 cm³/mol. The summed E-state index contributed by atoms with van der Waals surface area (Å²) in [5.41, 5.74) is 7.00. The van der Waals surface area contributed by atoms with E-state index in [9.17, 15) is 4.79 Å². The molecule has 2 aromatic rings. The van der Waals surface area contributed by atoms with Crippen LogP contribution in [0.25, 0.3) is 0 Å². The van der Waals surface area contributed by atoms with Crippen LogP contribution in [0.4, 0.5) is 11.6 Å². The van der Waals surface area contributed by atoms with E-state index in [1.54, 1.807) is 49.4 Å². The standard InChI is InChI=1S/C19H24N4O2S/c1-25-15-5-3-4-13(12-15)18(24)16-6-7-17(22-19(16)20)21-14-8-10-23(26-2)11-9-14/h3-7,12,14H,8-11H2,1-2H3,(H3,20,21,22). The lowest BCUT2D eigenvalue weighted by atomic mass is 10.0. The molecular weight excluding hydrogens is 348 g/mol. The van der Waals surface area contributed by atoms with Gasteiger partial charge in [-0.15, -0.1) is 0 Å². The van der Waals surface area contributed by atoms with Crippen LogP contribution < -0.4 is 15.8 Å². The molecule has 7 heteroatoms. The Morgan fingerprint density at radius 2 is 2.08 bits per heavy atom. The average Bonchev–Trinajstić information content (AvgIpc) is 2.68. The highest BCUT2D eigenvalue weighted by molar-refractivity contribution is 7.96. The number of anilines is 2. The molecule has 0 unspecified atom stereocenters. The van der Waals surface area contributed by atoms with E-state index >= 15 is 0 Å². The molecule has 0 saturated carbocycles. The van der Waals surface area contributed by atoms with Gasteiger partial charge in [-0.05, 0) is 43.4 Å². The molecule has 1 aromatic carbocycles. The van der Waals surface area contributed by atoms with Crippen molar-refractivity contribution in [3.8, 4) is 5.75 Å². The zero-order valence-electron chi connectivity index (χ0n) is 15.1. The van der Waals surface area contributed by atoms with Gasteiger partial charge in [0.05, 0.1) is 12.7 Å². The molecule has 3 rings (SSSR count). The predicted octanol–water partition coefficient (Wildman–Crippen LogP) is 3.06. The summed E-state index contributed by atoms with van der Waals surface area (Å²) in [4.78, 5) is 17.1. The third-order valence-electron chi connectivity index (χ3n) is 4.57. The summed E-state index contributed by atoms with van der Waals surface area (Å²) >= 11 is 1.79. The number of benzene rings is 1. The first-order valence-corrected chi connectivity index (χ1v) is 9.79. The number of carbonyl (C=O) groups excluding carboxylic acids is 1. The van der Waals surface area contributed by atoms with Gasteiger partial charge in [0.2, 0.25) is 0 Å². The summed E-state index contributed by atoms with van der Waals surface area (Å²) in [5.74, 6) is 1.43. The highest BCUT2D eigenvalue weighted by Crippen LogP contribution is 2.23. The number of carbonyl (C=O) groups is 1. The van der Waals surface area contributed by atoms with Gasteiger partial charge in [0, 0.05) is 24.7 Å². The number of nitrogen functional groups attached to an aromatic ring is 1. The molecule has 1 fully saturated rings. The van der Waals surface area contributed by atoms with Crippen molar-refractivity contribution in [1.29, 1.82) is 0 Å². The van der Waals surface area contributed by atoms with E-state index in [1.165, 1.54) is 0 Å². The van der Waals surface area contributed by atoms with Crippen LogP contribution in [0.1, 0.15) is 28.8 Å². The number of nitrogens with one attached hydrogen (secondary N) is 1. The number of nitrogens with two attached hydrogens (primary N) is 1. The largest absolute Gasteiger partial charge is 0.497 e. The fraction of sp³-hybridized carbons (Fsp3) is 0.368. The van der Waals surface area contributed by atoms with E-state index < -0.39 is 0 Å². The van der Waals surface area contributed by atoms with Gasteiger partial charge in [-0.2, -0.15) is 0 Å². The number of piperidine rings is 1. The minimum absolute atomic E-state index is 0.159. The lowest BCUT2D eigenvalue weighted by Gasteiger charge is -2.30. The molecule has 1 aliphatic heterocycles. The number of hydrogen-bond donors (Lipinski definition) is 2. The molecule has 138 valence electrons. The van der Waals surface area contributed by atoms with Crippen LogP contribution in [0.5, 0.6) is 5.75 Å². The number of rotatable bonds is 6. The van der Waals surface area contributed by atoms with Gasteiger partial charge in [0.15, 0.2) is 5.78 Å². The first-order chi connectivity index (χ1) is 12.6. The summed E-state index contributed by atoms with van der Waals surface area (Å²) in [5, 5.41) is 3.43. The molecule has 1 saturated heterocycles. The monoisotopic (exact) mass is 372 g/mol. The Balaban J connectivity index is 1.70. The van der Waals surface area contributed by atoms with Gasteiger partial charge in [0.1, 0.15) is 17.4 Å². The van der Waals surface area contributed by atoms with Crippen molar-refractivity contribution in [1.82, 2.24) is 9.29 Å². The van der Waals surface area contributed by atoms with E-state index in [0.717, 1.165) is 25.9 Å². The highest BCUT2D eigenvalue weighted by atomic mass is 32.2. The molecule has 0 atom stereocenters. The van der Waals surface area contributed by atoms with Crippen molar-refractivity contribution in [2.75, 3.05) is 37.5 Å². The van der Waals surface area contributed by atoms with Gasteiger partial charge in [0.25, 0.3) is 0 Å². The smallest absolute Gasteiger partial charge is 0.196 e. The van der Waals surface area contributed by atoms with E-state index in [0.29, 0.717) is 28.7 Å². The Morgan fingerprint density at radius 1 is 1.31 bits per heavy atom. The normalized spacial score (nSPS) is 15.6. The maximum Gasteiger partial charge on any atom is 0.196 e. The number of ether oxygens (including phenoxy) is 1. The quantitative estimate of drug-likeness (QED) is 0.596. The van der Waals surface area contributed by atoms with Crippen molar-refractivity contribution in [2.45, 2.75) is 18.9 Å². The van der Waals surface area contributed by atoms with E-state index in [1.807, 2.05) is 6.07 Å². The number of pyridine rings is 1. The third kappa shape index (κ3) is 4.28. The van der Waals surface area contributed by atoms with E-state index in [4.69, 9.17) is 10.5 Å². The van der Waals surface area contributed by atoms with E-state index in [-0.39, 0.29) is 11.6 Å². The number of nitrogens with zero attached hydrogens (tertiary/aromatic N) is 2. The van der Waals surface area contributed by atoms with Crippen molar-refractivity contribution in [2.24, 2.45) is 0 Å². The SMILES string of the molecule is COc1cccc(C(=O)c2ccc(NC3CCN(SC)CC3)nc2N)c1. The van der Waals surface area contributed by atoms with Crippen LogP contribution in [0, 0.1) is 0 Å². The number of hydrogen-bond acceptors (Lipinski definition) is 7. The van der Waals surface area contributed by atoms with Crippen LogP contribution in [-0.2, 0) is 0 Å². The summed E-state index contributed by atoms with van der Waals surface area (Å²) in [6, 6.07) is 11.0. The molecule has 0 bridgehead atoms. The molecular formula is C19H24N4O2S. The van der Waals surface area contributed by atoms with Crippen molar-refractivity contribution < 1.29 is 9.53 Å². The summed E-state index contributed by atoms with van der Waals surface area (Å²) in [6.07, 6.45) is 4.23. The van der Waals surface area contributed by atoms with Crippen LogP contribution in [0.3, 0.4) is 0 Å². The lowest BCUT2D eigenvalue weighted by Crippen LogP contribution is -2.35. The first kappa shape index (κ1) is 18.5. The molecule has 0 amide bonds. The molecule has 0 aliphatic carbocycles. The maximum absolute atomic E-state index is 12.7. The fourth-order valence-corrected chi connectivity index (χ4v) is 3.63. The second kappa shape index (κ2) is 8.42.